The summed E-state index contributed by atoms with van der Waals surface area (Å²) in [6.45, 7) is 1.71. The molecule has 7 nitrogen and oxygen atoms in total. The Morgan fingerprint density at radius 1 is 1.44 bits per heavy atom. The van der Waals surface area contributed by atoms with Gasteiger partial charge in [-0.2, -0.15) is 0 Å². The van der Waals surface area contributed by atoms with E-state index >= 15 is 0 Å². The lowest BCUT2D eigenvalue weighted by molar-refractivity contribution is -0.384. The second-order valence-corrected chi connectivity index (χ2v) is 4.61. The third kappa shape index (κ3) is 2.54. The molecule has 2 aromatic rings. The number of halogens is 1. The van der Waals surface area contributed by atoms with Crippen molar-refractivity contribution in [2.24, 2.45) is 5.73 Å². The van der Waals surface area contributed by atoms with Crippen LogP contribution in [0.5, 0.6) is 0 Å². The highest BCUT2D eigenvalue weighted by Gasteiger charge is 2.15. The molecule has 0 aliphatic heterocycles. The molecule has 0 radical (unpaired) electrons. The Hall–Kier alpha value is -1.80. The summed E-state index contributed by atoms with van der Waals surface area (Å²) in [5.41, 5.74) is 6.01. The van der Waals surface area contributed by atoms with Crippen molar-refractivity contribution in [2.75, 3.05) is 0 Å². The first-order chi connectivity index (χ1) is 8.47. The highest BCUT2D eigenvalue weighted by molar-refractivity contribution is 9.10. The van der Waals surface area contributed by atoms with Crippen molar-refractivity contribution in [2.45, 2.75) is 13.0 Å². The zero-order chi connectivity index (χ0) is 13.3. The van der Waals surface area contributed by atoms with Crippen molar-refractivity contribution in [3.05, 3.63) is 38.7 Å². The summed E-state index contributed by atoms with van der Waals surface area (Å²) in [5, 5.41) is 18.3. The van der Waals surface area contributed by atoms with Gasteiger partial charge in [0.15, 0.2) is 0 Å². The van der Waals surface area contributed by atoms with Gasteiger partial charge in [-0.3, -0.25) is 10.1 Å². The summed E-state index contributed by atoms with van der Waals surface area (Å²) in [5.74, 6) is 0.485. The highest BCUT2D eigenvalue weighted by Crippen LogP contribution is 2.28. The topological polar surface area (TPSA) is 108 Å². The van der Waals surface area contributed by atoms with Crippen molar-refractivity contribution in [3.8, 4) is 11.5 Å². The fourth-order valence-electron chi connectivity index (χ4n) is 1.34. The summed E-state index contributed by atoms with van der Waals surface area (Å²) < 4.78 is 5.89. The molecule has 0 amide bonds. The number of hydrogen-bond donors (Lipinski definition) is 1. The van der Waals surface area contributed by atoms with Crippen molar-refractivity contribution in [1.82, 2.24) is 10.2 Å². The van der Waals surface area contributed by atoms with Crippen molar-refractivity contribution in [3.63, 3.8) is 0 Å². The van der Waals surface area contributed by atoms with Crippen molar-refractivity contribution < 1.29 is 9.34 Å². The summed E-state index contributed by atoms with van der Waals surface area (Å²) in [6, 6.07) is 4.04. The average Bonchev–Trinajstić information content (AvgIpc) is 2.77. The van der Waals surface area contributed by atoms with Crippen LogP contribution in [-0.4, -0.2) is 15.1 Å². The quantitative estimate of drug-likeness (QED) is 0.688. The Balaban J connectivity index is 2.46. The number of aromatic nitrogens is 2. The van der Waals surface area contributed by atoms with Gasteiger partial charge in [0.05, 0.1) is 11.0 Å². The van der Waals surface area contributed by atoms with E-state index in [-0.39, 0.29) is 23.5 Å². The number of benzene rings is 1. The third-order valence-corrected chi connectivity index (χ3v) is 2.63. The molecule has 1 aromatic carbocycles. The number of hydrogen-bond acceptors (Lipinski definition) is 6. The van der Waals surface area contributed by atoms with Crippen LogP contribution in [0.2, 0.25) is 0 Å². The van der Waals surface area contributed by atoms with E-state index in [2.05, 4.69) is 26.1 Å². The smallest absolute Gasteiger partial charge is 0.271 e. The summed E-state index contributed by atoms with van der Waals surface area (Å²) in [4.78, 5) is 10.3. The first kappa shape index (κ1) is 12.7. The van der Waals surface area contributed by atoms with E-state index in [1.807, 2.05) is 0 Å². The van der Waals surface area contributed by atoms with Gasteiger partial charge in [0.1, 0.15) is 0 Å². The van der Waals surface area contributed by atoms with Gasteiger partial charge in [0, 0.05) is 22.2 Å². The number of rotatable bonds is 3. The molecule has 8 heteroatoms. The summed E-state index contributed by atoms with van der Waals surface area (Å²) in [7, 11) is 0. The molecule has 2 N–H and O–H groups in total. The molecule has 0 aliphatic rings. The lowest BCUT2D eigenvalue weighted by atomic mass is 10.2. The zero-order valence-corrected chi connectivity index (χ0v) is 10.9. The highest BCUT2D eigenvalue weighted by atomic mass is 79.9. The molecule has 0 saturated heterocycles. The van der Waals surface area contributed by atoms with E-state index in [9.17, 15) is 10.1 Å². The molecule has 0 bridgehead atoms. The standard InChI is InChI=1S/C10H9BrN4O3/c1-5(12)9-13-14-10(18-9)6-2-7(11)4-8(3-6)15(16)17/h2-5H,12H2,1H3. The fraction of sp³-hybridized carbons (Fsp3) is 0.200. The zero-order valence-electron chi connectivity index (χ0n) is 9.33. The first-order valence-electron chi connectivity index (χ1n) is 5.01. The van der Waals surface area contributed by atoms with E-state index in [0.717, 1.165) is 0 Å². The number of nitrogens with two attached hydrogens (primary N) is 1. The largest absolute Gasteiger partial charge is 0.419 e. The molecule has 1 aromatic heterocycles. The molecule has 1 unspecified atom stereocenters. The Bertz CT molecular complexity index is 597. The van der Waals surface area contributed by atoms with E-state index in [1.165, 1.54) is 12.1 Å². The normalized spacial score (nSPS) is 12.4. The van der Waals surface area contributed by atoms with Gasteiger partial charge < -0.3 is 10.2 Å². The van der Waals surface area contributed by atoms with Gasteiger partial charge in [-0.05, 0) is 13.0 Å². The molecule has 18 heavy (non-hydrogen) atoms. The third-order valence-electron chi connectivity index (χ3n) is 2.17. The minimum absolute atomic E-state index is 0.0556. The Kier molecular flexibility index (Phi) is 3.39. The van der Waals surface area contributed by atoms with Crippen LogP contribution in [0.15, 0.2) is 27.1 Å². The number of nitrogens with zero attached hydrogens (tertiary/aromatic N) is 3. The van der Waals surface area contributed by atoms with Crippen LogP contribution in [0.25, 0.3) is 11.5 Å². The van der Waals surface area contributed by atoms with Gasteiger partial charge >= 0.3 is 0 Å². The predicted molar refractivity (Wildman–Crippen MR) is 66.7 cm³/mol. The lowest BCUT2D eigenvalue weighted by Gasteiger charge is -1.98. The molecule has 0 saturated carbocycles. The van der Waals surface area contributed by atoms with E-state index in [1.54, 1.807) is 13.0 Å². The second-order valence-electron chi connectivity index (χ2n) is 3.69. The van der Waals surface area contributed by atoms with Crippen molar-refractivity contribution in [1.29, 1.82) is 0 Å². The second kappa shape index (κ2) is 4.83. The minimum atomic E-state index is -0.489. The Morgan fingerprint density at radius 2 is 2.17 bits per heavy atom. The predicted octanol–water partition coefficient (Wildman–Crippen LogP) is 2.43. The van der Waals surface area contributed by atoms with Crippen LogP contribution in [0, 0.1) is 10.1 Å². The molecule has 0 aliphatic carbocycles. The fourth-order valence-corrected chi connectivity index (χ4v) is 1.82. The Labute approximate surface area is 110 Å². The van der Waals surface area contributed by atoms with Crippen LogP contribution >= 0.6 is 15.9 Å². The average molecular weight is 313 g/mol. The molecule has 0 fully saturated rings. The summed E-state index contributed by atoms with van der Waals surface area (Å²) >= 11 is 3.20. The van der Waals surface area contributed by atoms with Crippen LogP contribution in [0.4, 0.5) is 5.69 Å². The Morgan fingerprint density at radius 3 is 2.72 bits per heavy atom. The van der Waals surface area contributed by atoms with E-state index in [0.29, 0.717) is 10.0 Å². The van der Waals surface area contributed by atoms with Gasteiger partial charge in [-0.15, -0.1) is 10.2 Å². The van der Waals surface area contributed by atoms with Gasteiger partial charge in [-0.25, -0.2) is 0 Å². The summed E-state index contributed by atoms with van der Waals surface area (Å²) in [6.07, 6.45) is 0. The molecular weight excluding hydrogens is 304 g/mol. The van der Waals surface area contributed by atoms with E-state index in [4.69, 9.17) is 10.2 Å². The van der Waals surface area contributed by atoms with Crippen LogP contribution < -0.4 is 5.73 Å². The number of non-ortho nitro benzene ring substituents is 1. The van der Waals surface area contributed by atoms with E-state index < -0.39 is 4.92 Å². The van der Waals surface area contributed by atoms with Gasteiger partial charge in [0.25, 0.3) is 5.69 Å². The molecule has 1 atom stereocenters. The minimum Gasteiger partial charge on any atom is -0.419 e. The molecule has 2 rings (SSSR count). The number of nitro groups is 1. The molecule has 1 heterocycles. The number of nitro benzene ring substituents is 1. The molecule has 94 valence electrons. The van der Waals surface area contributed by atoms with Crippen LogP contribution in [-0.2, 0) is 0 Å². The van der Waals surface area contributed by atoms with Gasteiger partial charge in [-0.1, -0.05) is 15.9 Å². The maximum atomic E-state index is 10.7. The lowest BCUT2D eigenvalue weighted by Crippen LogP contribution is -2.04. The maximum Gasteiger partial charge on any atom is 0.271 e. The van der Waals surface area contributed by atoms with Crippen molar-refractivity contribution >= 4 is 21.6 Å². The van der Waals surface area contributed by atoms with Crippen LogP contribution in [0.1, 0.15) is 18.9 Å². The van der Waals surface area contributed by atoms with Gasteiger partial charge in [0.2, 0.25) is 11.8 Å². The van der Waals surface area contributed by atoms with Crippen LogP contribution in [0.3, 0.4) is 0 Å². The molecular formula is C10H9BrN4O3. The molecule has 0 spiro atoms. The first-order valence-corrected chi connectivity index (χ1v) is 5.81. The SMILES string of the molecule is CC(N)c1nnc(-c2cc(Br)cc([N+](=O)[O-])c2)o1. The maximum absolute atomic E-state index is 10.7. The monoisotopic (exact) mass is 312 g/mol.